The summed E-state index contributed by atoms with van der Waals surface area (Å²) in [6.07, 6.45) is 0.500. The van der Waals surface area contributed by atoms with Crippen LogP contribution in [0, 0.1) is 11.7 Å². The van der Waals surface area contributed by atoms with E-state index in [4.69, 9.17) is 0 Å². The van der Waals surface area contributed by atoms with Gasteiger partial charge in [-0.15, -0.1) is 0 Å². The molecule has 7 heteroatoms. The molecule has 3 atom stereocenters. The Balaban J connectivity index is 2.94. The summed E-state index contributed by atoms with van der Waals surface area (Å²) >= 11 is 0. The van der Waals surface area contributed by atoms with Gasteiger partial charge in [-0.1, -0.05) is 38.5 Å². The second-order valence-corrected chi connectivity index (χ2v) is 5.76. The lowest BCUT2D eigenvalue weighted by Crippen LogP contribution is -2.53. The standard InChI is InChI=1S/C17H23FN2O4/c1-4-10(2)15(17(23)24)20-16(22)14(19-11(3)21)9-12-7-5-6-8-13(12)18/h5-8,10,14-15H,4,9H2,1-3H3,(H,19,21)(H,20,22)(H,23,24)/t10-,14+,15-/m0/s1. The molecule has 0 aromatic heterocycles. The maximum atomic E-state index is 13.8. The van der Waals surface area contributed by atoms with Crippen LogP contribution in [0.3, 0.4) is 0 Å². The second kappa shape index (κ2) is 9.00. The van der Waals surface area contributed by atoms with E-state index in [1.54, 1.807) is 13.0 Å². The zero-order chi connectivity index (χ0) is 18.3. The molecule has 132 valence electrons. The predicted molar refractivity (Wildman–Crippen MR) is 86.7 cm³/mol. The molecule has 0 bridgehead atoms. The summed E-state index contributed by atoms with van der Waals surface area (Å²) in [5.41, 5.74) is 0.266. The van der Waals surface area contributed by atoms with Crippen LogP contribution in [0.5, 0.6) is 0 Å². The lowest BCUT2D eigenvalue weighted by molar-refractivity contribution is -0.143. The van der Waals surface area contributed by atoms with E-state index in [2.05, 4.69) is 10.6 Å². The van der Waals surface area contributed by atoms with Crippen LogP contribution in [-0.4, -0.2) is 35.0 Å². The number of carbonyl (C=O) groups is 3. The van der Waals surface area contributed by atoms with Crippen molar-refractivity contribution in [1.82, 2.24) is 10.6 Å². The minimum atomic E-state index is -1.15. The van der Waals surface area contributed by atoms with Gasteiger partial charge in [-0.2, -0.15) is 0 Å². The molecule has 0 spiro atoms. The number of halogens is 1. The number of carbonyl (C=O) groups excluding carboxylic acids is 2. The molecule has 0 heterocycles. The minimum Gasteiger partial charge on any atom is -0.480 e. The van der Waals surface area contributed by atoms with Crippen LogP contribution < -0.4 is 10.6 Å². The molecule has 0 aliphatic carbocycles. The normalized spacial score (nSPS) is 14.3. The molecule has 0 aliphatic rings. The number of amides is 2. The molecule has 0 unspecified atom stereocenters. The summed E-state index contributed by atoms with van der Waals surface area (Å²) in [5.74, 6) is -3.02. The maximum absolute atomic E-state index is 13.8. The third-order valence-corrected chi connectivity index (χ3v) is 3.85. The van der Waals surface area contributed by atoms with Gasteiger partial charge in [0.15, 0.2) is 0 Å². The van der Waals surface area contributed by atoms with Gasteiger partial charge in [-0.3, -0.25) is 9.59 Å². The summed E-state index contributed by atoms with van der Waals surface area (Å²) in [6, 6.07) is 3.80. The molecule has 2 amide bonds. The number of benzene rings is 1. The molecule has 1 aromatic carbocycles. The highest BCUT2D eigenvalue weighted by Gasteiger charge is 2.29. The number of hydrogen-bond donors (Lipinski definition) is 3. The molecule has 0 radical (unpaired) electrons. The topological polar surface area (TPSA) is 95.5 Å². The summed E-state index contributed by atoms with van der Waals surface area (Å²) < 4.78 is 13.8. The monoisotopic (exact) mass is 338 g/mol. The summed E-state index contributed by atoms with van der Waals surface area (Å²) in [4.78, 5) is 35.1. The number of nitrogens with one attached hydrogen (secondary N) is 2. The molecule has 6 nitrogen and oxygen atoms in total. The van der Waals surface area contributed by atoms with E-state index >= 15 is 0 Å². The first-order valence-electron chi connectivity index (χ1n) is 7.79. The van der Waals surface area contributed by atoms with E-state index in [-0.39, 0.29) is 17.9 Å². The molecular formula is C17H23FN2O4. The summed E-state index contributed by atoms with van der Waals surface area (Å²) in [7, 11) is 0. The Bertz CT molecular complexity index is 606. The molecule has 1 aromatic rings. The van der Waals surface area contributed by atoms with Crippen molar-refractivity contribution >= 4 is 17.8 Å². The highest BCUT2D eigenvalue weighted by molar-refractivity contribution is 5.90. The molecular weight excluding hydrogens is 315 g/mol. The van der Waals surface area contributed by atoms with Gasteiger partial charge in [-0.25, -0.2) is 9.18 Å². The first-order valence-corrected chi connectivity index (χ1v) is 7.79. The fourth-order valence-electron chi connectivity index (χ4n) is 2.28. The Morgan fingerprint density at radius 2 is 1.83 bits per heavy atom. The zero-order valence-electron chi connectivity index (χ0n) is 14.0. The zero-order valence-corrected chi connectivity index (χ0v) is 14.0. The Labute approximate surface area is 140 Å². The van der Waals surface area contributed by atoms with Crippen LogP contribution in [0.1, 0.15) is 32.8 Å². The average Bonchev–Trinajstić information content (AvgIpc) is 2.52. The van der Waals surface area contributed by atoms with Crippen molar-refractivity contribution in [2.45, 2.75) is 45.7 Å². The van der Waals surface area contributed by atoms with Gasteiger partial charge in [0.05, 0.1) is 0 Å². The van der Waals surface area contributed by atoms with E-state index in [1.807, 2.05) is 6.92 Å². The van der Waals surface area contributed by atoms with E-state index in [0.29, 0.717) is 6.42 Å². The fraction of sp³-hybridized carbons (Fsp3) is 0.471. The van der Waals surface area contributed by atoms with Gasteiger partial charge in [0.25, 0.3) is 0 Å². The summed E-state index contributed by atoms with van der Waals surface area (Å²) in [6.45, 7) is 4.77. The molecule has 1 rings (SSSR count). The van der Waals surface area contributed by atoms with E-state index < -0.39 is 35.7 Å². The first-order chi connectivity index (χ1) is 11.3. The highest BCUT2D eigenvalue weighted by Crippen LogP contribution is 2.12. The van der Waals surface area contributed by atoms with Crippen molar-refractivity contribution in [2.75, 3.05) is 0 Å². The van der Waals surface area contributed by atoms with Crippen molar-refractivity contribution < 1.29 is 23.9 Å². The Hall–Kier alpha value is -2.44. The maximum Gasteiger partial charge on any atom is 0.326 e. The van der Waals surface area contributed by atoms with Crippen molar-refractivity contribution in [1.29, 1.82) is 0 Å². The minimum absolute atomic E-state index is 0.0646. The average molecular weight is 338 g/mol. The molecule has 0 saturated heterocycles. The number of rotatable bonds is 8. The molecule has 0 fully saturated rings. The van der Waals surface area contributed by atoms with Crippen molar-refractivity contribution in [2.24, 2.45) is 5.92 Å². The van der Waals surface area contributed by atoms with Gasteiger partial charge in [0.2, 0.25) is 11.8 Å². The molecule has 0 aliphatic heterocycles. The highest BCUT2D eigenvalue weighted by atomic mass is 19.1. The third kappa shape index (κ3) is 5.64. The van der Waals surface area contributed by atoms with E-state index in [0.717, 1.165) is 0 Å². The van der Waals surface area contributed by atoms with Crippen molar-refractivity contribution in [3.63, 3.8) is 0 Å². The van der Waals surface area contributed by atoms with Gasteiger partial charge in [-0.05, 0) is 17.5 Å². The smallest absolute Gasteiger partial charge is 0.326 e. The van der Waals surface area contributed by atoms with Crippen LogP contribution in [0.4, 0.5) is 4.39 Å². The number of carboxylic acids is 1. The van der Waals surface area contributed by atoms with Crippen LogP contribution in [-0.2, 0) is 20.8 Å². The van der Waals surface area contributed by atoms with Crippen LogP contribution >= 0.6 is 0 Å². The first kappa shape index (κ1) is 19.6. The molecule has 24 heavy (non-hydrogen) atoms. The van der Waals surface area contributed by atoms with Gasteiger partial charge in [0.1, 0.15) is 17.9 Å². The molecule has 3 N–H and O–H groups in total. The Morgan fingerprint density at radius 1 is 1.21 bits per heavy atom. The second-order valence-electron chi connectivity index (χ2n) is 5.76. The Morgan fingerprint density at radius 3 is 2.33 bits per heavy atom. The fourth-order valence-corrected chi connectivity index (χ4v) is 2.28. The lowest BCUT2D eigenvalue weighted by atomic mass is 9.98. The van der Waals surface area contributed by atoms with Crippen molar-refractivity contribution in [3.05, 3.63) is 35.6 Å². The largest absolute Gasteiger partial charge is 0.480 e. The van der Waals surface area contributed by atoms with Gasteiger partial charge >= 0.3 is 5.97 Å². The van der Waals surface area contributed by atoms with Gasteiger partial charge in [0, 0.05) is 13.3 Å². The Kier molecular flexibility index (Phi) is 7.35. The number of aliphatic carboxylic acids is 1. The van der Waals surface area contributed by atoms with Crippen molar-refractivity contribution in [3.8, 4) is 0 Å². The SMILES string of the molecule is CC[C@H](C)[C@H](NC(=O)[C@@H](Cc1ccccc1F)NC(C)=O)C(=O)O. The third-order valence-electron chi connectivity index (χ3n) is 3.85. The van der Waals surface area contributed by atoms with Gasteiger partial charge < -0.3 is 15.7 Å². The van der Waals surface area contributed by atoms with E-state index in [1.165, 1.54) is 25.1 Å². The van der Waals surface area contributed by atoms with E-state index in [9.17, 15) is 23.9 Å². The number of hydrogen-bond acceptors (Lipinski definition) is 3. The van der Waals surface area contributed by atoms with Crippen LogP contribution in [0.2, 0.25) is 0 Å². The van der Waals surface area contributed by atoms with Crippen LogP contribution in [0.25, 0.3) is 0 Å². The lowest BCUT2D eigenvalue weighted by Gasteiger charge is -2.24. The predicted octanol–water partition coefficient (Wildman–Crippen LogP) is 1.49. The molecule has 0 saturated carbocycles. The summed E-state index contributed by atoms with van der Waals surface area (Å²) in [5, 5.41) is 14.1. The quantitative estimate of drug-likeness (QED) is 0.669. The van der Waals surface area contributed by atoms with Crippen LogP contribution in [0.15, 0.2) is 24.3 Å². The number of carboxylic acid groups (broad SMARTS) is 1.